The van der Waals surface area contributed by atoms with E-state index in [1.165, 1.54) is 4.31 Å². The van der Waals surface area contributed by atoms with E-state index in [1.54, 1.807) is 17.3 Å². The van der Waals surface area contributed by atoms with E-state index >= 15 is 0 Å². The Balaban J connectivity index is 1.17. The molecule has 2 saturated heterocycles. The highest BCUT2D eigenvalue weighted by Crippen LogP contribution is 2.39. The van der Waals surface area contributed by atoms with Crippen molar-refractivity contribution >= 4 is 27.9 Å². The number of rotatable bonds is 9. The first-order valence-corrected chi connectivity index (χ1v) is 13.6. The summed E-state index contributed by atoms with van der Waals surface area (Å²) in [6, 6.07) is 0. The highest BCUT2D eigenvalue weighted by molar-refractivity contribution is 7.89. The zero-order valence-electron chi connectivity index (χ0n) is 20.0. The van der Waals surface area contributed by atoms with Gasteiger partial charge in [-0.2, -0.15) is 4.31 Å². The lowest BCUT2D eigenvalue weighted by Gasteiger charge is -2.34. The molecule has 1 N–H and O–H groups in total. The number of hydrogen-bond donors (Lipinski definition) is 1. The molecule has 2 aliphatic heterocycles. The molecule has 1 saturated carbocycles. The van der Waals surface area contributed by atoms with Crippen molar-refractivity contribution in [3.05, 3.63) is 12.4 Å². The molecular formula is C22H33N5O7S. The molecule has 12 nitrogen and oxygen atoms in total. The van der Waals surface area contributed by atoms with Gasteiger partial charge in [0.2, 0.25) is 15.9 Å². The van der Waals surface area contributed by atoms with Gasteiger partial charge < -0.3 is 24.4 Å². The fourth-order valence-corrected chi connectivity index (χ4v) is 5.54. The van der Waals surface area contributed by atoms with E-state index in [9.17, 15) is 18.0 Å². The lowest BCUT2D eigenvalue weighted by molar-refractivity contribution is -0.136. The number of piperazine rings is 1. The van der Waals surface area contributed by atoms with E-state index in [2.05, 4.69) is 9.97 Å². The van der Waals surface area contributed by atoms with Crippen molar-refractivity contribution in [1.29, 1.82) is 0 Å². The molecule has 194 valence electrons. The molecule has 1 aliphatic carbocycles. The van der Waals surface area contributed by atoms with Crippen molar-refractivity contribution < 1.29 is 32.6 Å². The number of piperidine rings is 1. The van der Waals surface area contributed by atoms with Crippen LogP contribution in [0.1, 0.15) is 39.0 Å². The fraction of sp³-hybridized carbons (Fsp3) is 0.727. The molecule has 3 fully saturated rings. The summed E-state index contributed by atoms with van der Waals surface area (Å²) in [7, 11) is -3.58. The van der Waals surface area contributed by atoms with Crippen LogP contribution in [-0.2, 0) is 19.6 Å². The Labute approximate surface area is 205 Å². The third kappa shape index (κ3) is 6.94. The highest BCUT2D eigenvalue weighted by atomic mass is 32.2. The second kappa shape index (κ2) is 10.5. The van der Waals surface area contributed by atoms with Crippen LogP contribution in [0, 0.1) is 5.92 Å². The van der Waals surface area contributed by atoms with Crippen LogP contribution in [0.4, 0.5) is 10.6 Å². The number of carbonyl (C=O) groups is 2. The molecule has 0 atom stereocenters. The Morgan fingerprint density at radius 2 is 1.77 bits per heavy atom. The van der Waals surface area contributed by atoms with Crippen LogP contribution in [0.3, 0.4) is 0 Å². The van der Waals surface area contributed by atoms with Crippen LogP contribution < -0.4 is 9.64 Å². The summed E-state index contributed by atoms with van der Waals surface area (Å²) in [5.41, 5.74) is -0.255. The smallest absolute Gasteiger partial charge is 0.410 e. The van der Waals surface area contributed by atoms with Crippen molar-refractivity contribution in [2.24, 2.45) is 5.92 Å². The van der Waals surface area contributed by atoms with Gasteiger partial charge in [-0.15, -0.1) is 0 Å². The van der Waals surface area contributed by atoms with E-state index in [4.69, 9.17) is 14.6 Å². The highest BCUT2D eigenvalue weighted by Gasteiger charge is 2.43. The maximum absolute atomic E-state index is 12.3. The van der Waals surface area contributed by atoms with E-state index in [0.717, 1.165) is 25.7 Å². The maximum atomic E-state index is 12.3. The van der Waals surface area contributed by atoms with E-state index in [0.29, 0.717) is 50.4 Å². The number of nitrogens with zero attached hydrogens (tertiary/aromatic N) is 5. The van der Waals surface area contributed by atoms with Gasteiger partial charge in [-0.1, -0.05) is 0 Å². The summed E-state index contributed by atoms with van der Waals surface area (Å²) in [6.45, 7) is 5.22. The first kappa shape index (κ1) is 25.4. The number of amides is 1. The van der Waals surface area contributed by atoms with E-state index in [-0.39, 0.29) is 24.8 Å². The molecule has 1 aromatic heterocycles. The Morgan fingerprint density at radius 1 is 1.09 bits per heavy atom. The topological polar surface area (TPSA) is 142 Å². The third-order valence-electron chi connectivity index (χ3n) is 6.77. The minimum Gasteiger partial charge on any atom is -0.481 e. The number of ether oxygens (including phenoxy) is 2. The van der Waals surface area contributed by atoms with Crippen molar-refractivity contribution in [2.45, 2.75) is 44.6 Å². The molecule has 3 heterocycles. The summed E-state index contributed by atoms with van der Waals surface area (Å²) >= 11 is 0. The Morgan fingerprint density at radius 3 is 2.34 bits per heavy atom. The van der Waals surface area contributed by atoms with Crippen molar-refractivity contribution in [2.75, 3.05) is 56.5 Å². The molecule has 1 aromatic rings. The van der Waals surface area contributed by atoms with Gasteiger partial charge in [0.25, 0.3) is 0 Å². The lowest BCUT2D eigenvalue weighted by Crippen LogP contribution is -2.49. The average molecular weight is 512 g/mol. The number of carboxylic acids is 1. The summed E-state index contributed by atoms with van der Waals surface area (Å²) < 4.78 is 37.2. The van der Waals surface area contributed by atoms with Crippen molar-refractivity contribution in [3.63, 3.8) is 0 Å². The Hall–Kier alpha value is -2.67. The quantitative estimate of drug-likeness (QED) is 0.513. The lowest BCUT2D eigenvalue weighted by atomic mass is 9.98. The molecule has 13 heteroatoms. The average Bonchev–Trinajstić information content (AvgIpc) is 3.58. The van der Waals surface area contributed by atoms with Gasteiger partial charge >= 0.3 is 12.1 Å². The minimum atomic E-state index is -3.58. The minimum absolute atomic E-state index is 0.218. The Kier molecular flexibility index (Phi) is 7.64. The first-order valence-electron chi connectivity index (χ1n) is 12.0. The SMILES string of the molecule is CC1(OC(=O)N2CCC(COc3cnc(N4CCN(S(=O)(=O)CCC(=O)O)CC4)cn3)CC2)CC1. The second-order valence-corrected chi connectivity index (χ2v) is 11.7. The van der Waals surface area contributed by atoms with Crippen molar-refractivity contribution in [1.82, 2.24) is 19.2 Å². The zero-order chi connectivity index (χ0) is 25.1. The van der Waals surface area contributed by atoms with Crippen LogP contribution in [0.5, 0.6) is 5.88 Å². The van der Waals surface area contributed by atoms with E-state index < -0.39 is 28.2 Å². The third-order valence-corrected chi connectivity index (χ3v) is 8.64. The monoisotopic (exact) mass is 511 g/mol. The predicted molar refractivity (Wildman–Crippen MR) is 126 cm³/mol. The van der Waals surface area contributed by atoms with Gasteiger partial charge in [-0.05, 0) is 38.5 Å². The summed E-state index contributed by atoms with van der Waals surface area (Å²) in [5, 5.41) is 8.73. The molecule has 0 unspecified atom stereocenters. The first-order chi connectivity index (χ1) is 16.6. The second-order valence-electron chi connectivity index (χ2n) is 9.62. The van der Waals surface area contributed by atoms with Crippen LogP contribution in [0.15, 0.2) is 12.4 Å². The molecule has 0 radical (unpaired) electrons. The van der Waals surface area contributed by atoms with E-state index in [1.807, 2.05) is 11.8 Å². The number of hydrogen-bond acceptors (Lipinski definition) is 9. The van der Waals surface area contributed by atoms with Gasteiger partial charge in [0.1, 0.15) is 11.4 Å². The number of carbonyl (C=O) groups excluding carboxylic acids is 1. The number of anilines is 1. The van der Waals surface area contributed by atoms with Gasteiger partial charge in [0.15, 0.2) is 0 Å². The standard InChI is InChI=1S/C22H33N5O7S/c1-22(5-6-22)34-21(30)26-7-2-17(3-8-26)16-33-19-15-23-18(14-24-19)25-9-11-27(12-10-25)35(31,32)13-4-20(28)29/h14-15,17H,2-13,16H2,1H3,(H,28,29). The number of carboxylic acid groups (broad SMARTS) is 1. The van der Waals surface area contributed by atoms with Gasteiger partial charge in [-0.25, -0.2) is 23.2 Å². The predicted octanol–water partition coefficient (Wildman–Crippen LogP) is 1.18. The molecule has 0 spiro atoms. The van der Waals surface area contributed by atoms with Gasteiger partial charge in [-0.3, -0.25) is 4.79 Å². The number of aliphatic carboxylic acids is 1. The summed E-state index contributed by atoms with van der Waals surface area (Å²) in [5.74, 6) is -0.133. The van der Waals surface area contributed by atoms with Crippen molar-refractivity contribution in [3.8, 4) is 5.88 Å². The van der Waals surface area contributed by atoms with Gasteiger partial charge in [0, 0.05) is 39.3 Å². The zero-order valence-corrected chi connectivity index (χ0v) is 20.8. The summed E-state index contributed by atoms with van der Waals surface area (Å²) in [4.78, 5) is 35.4. The molecule has 1 amide bonds. The molecule has 0 aromatic carbocycles. The molecular weight excluding hydrogens is 478 g/mol. The molecule has 0 bridgehead atoms. The van der Waals surface area contributed by atoms with Crippen LogP contribution in [0.25, 0.3) is 0 Å². The maximum Gasteiger partial charge on any atom is 0.410 e. The van der Waals surface area contributed by atoms with Crippen LogP contribution >= 0.6 is 0 Å². The molecule has 4 rings (SSSR count). The van der Waals surface area contributed by atoms with Crippen LogP contribution in [0.2, 0.25) is 0 Å². The van der Waals surface area contributed by atoms with Gasteiger partial charge in [0.05, 0.1) is 31.2 Å². The fourth-order valence-electron chi connectivity index (χ4n) is 4.13. The number of likely N-dealkylation sites (tertiary alicyclic amines) is 1. The normalized spacial score (nSPS) is 20.9. The summed E-state index contributed by atoms with van der Waals surface area (Å²) in [6.07, 6.45) is 6.12. The Bertz CT molecular complexity index is 1000. The number of sulfonamides is 1. The number of aromatic nitrogens is 2. The molecule has 35 heavy (non-hydrogen) atoms. The largest absolute Gasteiger partial charge is 0.481 e. The molecule has 3 aliphatic rings. The van der Waals surface area contributed by atoms with Crippen LogP contribution in [-0.4, -0.2) is 102 Å².